The van der Waals surface area contributed by atoms with Gasteiger partial charge in [0.1, 0.15) is 0 Å². The van der Waals surface area contributed by atoms with E-state index < -0.39 is 0 Å². The summed E-state index contributed by atoms with van der Waals surface area (Å²) in [6.45, 7) is 4.26. The first-order valence-corrected chi connectivity index (χ1v) is 8.50. The summed E-state index contributed by atoms with van der Waals surface area (Å²) in [5.74, 6) is -0.542. The van der Waals surface area contributed by atoms with Gasteiger partial charge in [-0.2, -0.15) is 0 Å². The molecule has 2 N–H and O–H groups in total. The number of carbonyl (C=O) groups is 1. The number of likely N-dealkylation sites (N-methyl/N-ethyl adjacent to an activating group) is 1. The molecule has 2 unspecified atom stereocenters. The summed E-state index contributed by atoms with van der Waals surface area (Å²) in [5.41, 5.74) is 4.89. The first-order valence-electron chi connectivity index (χ1n) is 8.50. The molecule has 0 saturated heterocycles. The minimum Gasteiger partial charge on any atom is -0.361 e. The Bertz CT molecular complexity index is 836. The lowest BCUT2D eigenvalue weighted by Gasteiger charge is -2.40. The monoisotopic (exact) mass is 325 g/mol. The summed E-state index contributed by atoms with van der Waals surface area (Å²) in [5, 5.41) is 12.2. The molecule has 2 atom stereocenters. The van der Waals surface area contributed by atoms with Crippen LogP contribution in [-0.2, 0) is 11.2 Å². The van der Waals surface area contributed by atoms with E-state index in [1.165, 1.54) is 22.1 Å². The second-order valence-corrected chi connectivity index (χ2v) is 7.21. The molecule has 1 amide bonds. The summed E-state index contributed by atoms with van der Waals surface area (Å²) in [4.78, 5) is 18.2. The van der Waals surface area contributed by atoms with E-state index in [1.807, 2.05) is 13.8 Å². The van der Waals surface area contributed by atoms with Gasteiger partial charge in [0, 0.05) is 29.7 Å². The Kier molecular flexibility index (Phi) is 3.51. The van der Waals surface area contributed by atoms with Crippen LogP contribution in [0.4, 0.5) is 0 Å². The maximum absolute atomic E-state index is 12.6. The molecule has 0 fully saturated rings. The van der Waals surface area contributed by atoms with Gasteiger partial charge in [-0.3, -0.25) is 14.9 Å². The minimum absolute atomic E-state index is 0.218. The first-order chi connectivity index (χ1) is 11.5. The van der Waals surface area contributed by atoms with Crippen molar-refractivity contribution in [2.75, 3.05) is 13.6 Å². The number of amides is 1. The molecular formula is C19H23N3O2. The maximum Gasteiger partial charge on any atom is 0.254 e. The summed E-state index contributed by atoms with van der Waals surface area (Å²) >= 11 is 0. The average molecular weight is 325 g/mol. The third kappa shape index (κ3) is 2.19. The van der Waals surface area contributed by atoms with Crippen LogP contribution in [0.25, 0.3) is 16.5 Å². The van der Waals surface area contributed by atoms with Gasteiger partial charge in [-0.15, -0.1) is 0 Å². The molecule has 24 heavy (non-hydrogen) atoms. The van der Waals surface area contributed by atoms with Crippen molar-refractivity contribution >= 4 is 22.4 Å². The maximum atomic E-state index is 12.6. The Morgan fingerprint density at radius 1 is 1.42 bits per heavy atom. The standard InChI is InChI=1S/C19H23N3O2/c1-11(2)22(24)19(23)13-7-15-14-5-4-6-16-18(14)12(9-20-16)8-17(15)21(3)10-13/h4-7,9,11,13,17,20,24H,8,10H2,1-3H3. The molecule has 2 aromatic rings. The van der Waals surface area contributed by atoms with E-state index >= 15 is 0 Å². The van der Waals surface area contributed by atoms with Crippen LogP contribution in [0.1, 0.15) is 25.0 Å². The number of hydrogen-bond acceptors (Lipinski definition) is 3. The van der Waals surface area contributed by atoms with Crippen molar-refractivity contribution in [1.82, 2.24) is 14.9 Å². The van der Waals surface area contributed by atoms with E-state index in [0.717, 1.165) is 17.0 Å². The summed E-state index contributed by atoms with van der Waals surface area (Å²) in [7, 11) is 2.06. The Morgan fingerprint density at radius 3 is 2.96 bits per heavy atom. The molecule has 0 saturated carbocycles. The van der Waals surface area contributed by atoms with Crippen molar-refractivity contribution in [3.63, 3.8) is 0 Å². The van der Waals surface area contributed by atoms with Crippen LogP contribution in [-0.4, -0.2) is 51.7 Å². The van der Waals surface area contributed by atoms with E-state index in [9.17, 15) is 10.0 Å². The highest BCUT2D eigenvalue weighted by Crippen LogP contribution is 2.40. The van der Waals surface area contributed by atoms with Gasteiger partial charge in [-0.1, -0.05) is 18.2 Å². The molecule has 5 heteroatoms. The topological polar surface area (TPSA) is 59.6 Å². The molecular weight excluding hydrogens is 302 g/mol. The molecule has 126 valence electrons. The van der Waals surface area contributed by atoms with Crippen LogP contribution >= 0.6 is 0 Å². The molecule has 0 radical (unpaired) electrons. The van der Waals surface area contributed by atoms with Crippen molar-refractivity contribution in [3.8, 4) is 0 Å². The number of aromatic nitrogens is 1. The second-order valence-electron chi connectivity index (χ2n) is 7.21. The van der Waals surface area contributed by atoms with E-state index in [1.54, 1.807) is 0 Å². The Balaban J connectivity index is 1.80. The van der Waals surface area contributed by atoms with Gasteiger partial charge in [0.15, 0.2) is 0 Å². The van der Waals surface area contributed by atoms with Gasteiger partial charge in [0.2, 0.25) is 0 Å². The number of carbonyl (C=O) groups excluding carboxylic acids is 1. The highest BCUT2D eigenvalue weighted by molar-refractivity contribution is 5.99. The Hall–Kier alpha value is -2.11. The lowest BCUT2D eigenvalue weighted by molar-refractivity contribution is -0.176. The van der Waals surface area contributed by atoms with E-state index in [2.05, 4.69) is 47.4 Å². The fourth-order valence-electron chi connectivity index (χ4n) is 4.03. The highest BCUT2D eigenvalue weighted by atomic mass is 16.5. The van der Waals surface area contributed by atoms with Crippen molar-refractivity contribution in [1.29, 1.82) is 0 Å². The van der Waals surface area contributed by atoms with Gasteiger partial charge in [0.05, 0.1) is 12.0 Å². The van der Waals surface area contributed by atoms with Gasteiger partial charge in [-0.25, -0.2) is 5.06 Å². The van der Waals surface area contributed by atoms with Crippen LogP contribution in [0.2, 0.25) is 0 Å². The molecule has 1 aromatic carbocycles. The summed E-state index contributed by atoms with van der Waals surface area (Å²) in [6.07, 6.45) is 5.13. The van der Waals surface area contributed by atoms with Crippen molar-refractivity contribution in [3.05, 3.63) is 41.6 Å². The smallest absolute Gasteiger partial charge is 0.254 e. The predicted molar refractivity (Wildman–Crippen MR) is 93.7 cm³/mol. The SMILES string of the molecule is CC(C)N(O)C(=O)C1C=C2c3cccc4[nH]cc(c34)CC2N(C)C1. The Morgan fingerprint density at radius 2 is 2.21 bits per heavy atom. The average Bonchev–Trinajstić information content (AvgIpc) is 2.99. The molecule has 1 aliphatic heterocycles. The zero-order chi connectivity index (χ0) is 17.0. The highest BCUT2D eigenvalue weighted by Gasteiger charge is 2.37. The van der Waals surface area contributed by atoms with Crippen molar-refractivity contribution < 1.29 is 10.0 Å². The normalized spacial score (nSPS) is 23.3. The molecule has 0 spiro atoms. The number of rotatable bonds is 2. The number of aromatic amines is 1. The van der Waals surface area contributed by atoms with Gasteiger partial charge < -0.3 is 4.98 Å². The molecule has 5 nitrogen and oxygen atoms in total. The van der Waals surface area contributed by atoms with Gasteiger partial charge in [0.25, 0.3) is 5.91 Å². The number of benzene rings is 1. The number of fused-ring (bicyclic) bond motifs is 2. The lowest BCUT2D eigenvalue weighted by Crippen LogP contribution is -2.48. The first kappa shape index (κ1) is 15.4. The fourth-order valence-corrected chi connectivity index (χ4v) is 4.03. The molecule has 0 bridgehead atoms. The summed E-state index contributed by atoms with van der Waals surface area (Å²) in [6, 6.07) is 6.35. The van der Waals surface area contributed by atoms with E-state index in [0.29, 0.717) is 6.54 Å². The molecule has 2 aliphatic rings. The van der Waals surface area contributed by atoms with E-state index in [-0.39, 0.29) is 23.9 Å². The fraction of sp³-hybridized carbons (Fsp3) is 0.421. The van der Waals surface area contributed by atoms with Crippen LogP contribution in [0.3, 0.4) is 0 Å². The number of H-pyrrole nitrogens is 1. The van der Waals surface area contributed by atoms with Gasteiger partial charge in [-0.05, 0) is 50.1 Å². The van der Waals surface area contributed by atoms with Crippen LogP contribution < -0.4 is 0 Å². The largest absolute Gasteiger partial charge is 0.361 e. The molecule has 1 aromatic heterocycles. The number of hydroxylamine groups is 2. The predicted octanol–water partition coefficient (Wildman–Crippen LogP) is 2.66. The zero-order valence-corrected chi connectivity index (χ0v) is 14.3. The molecule has 4 rings (SSSR count). The third-order valence-electron chi connectivity index (χ3n) is 5.30. The van der Waals surface area contributed by atoms with Crippen LogP contribution in [0.5, 0.6) is 0 Å². The summed E-state index contributed by atoms with van der Waals surface area (Å²) < 4.78 is 0. The van der Waals surface area contributed by atoms with Crippen molar-refractivity contribution in [2.45, 2.75) is 32.4 Å². The number of hydrogen-bond donors (Lipinski definition) is 2. The second kappa shape index (κ2) is 5.46. The molecule has 1 aliphatic carbocycles. The Labute approximate surface area is 141 Å². The minimum atomic E-state index is -0.315. The van der Waals surface area contributed by atoms with Crippen LogP contribution in [0.15, 0.2) is 30.5 Å². The van der Waals surface area contributed by atoms with Crippen LogP contribution in [0, 0.1) is 5.92 Å². The quantitative estimate of drug-likeness (QED) is 0.659. The number of nitrogens with zero attached hydrogens (tertiary/aromatic N) is 2. The van der Waals surface area contributed by atoms with Crippen molar-refractivity contribution in [2.24, 2.45) is 5.92 Å². The van der Waals surface area contributed by atoms with E-state index in [4.69, 9.17) is 0 Å². The third-order valence-corrected chi connectivity index (χ3v) is 5.30. The van der Waals surface area contributed by atoms with Gasteiger partial charge >= 0.3 is 0 Å². The zero-order valence-electron chi connectivity index (χ0n) is 14.3. The molecule has 2 heterocycles. The number of nitrogens with one attached hydrogen (secondary N) is 1. The lowest BCUT2D eigenvalue weighted by atomic mass is 9.79.